The summed E-state index contributed by atoms with van der Waals surface area (Å²) >= 11 is 0. The second kappa shape index (κ2) is 9.87. The van der Waals surface area contributed by atoms with Gasteiger partial charge in [-0.25, -0.2) is 9.78 Å². The standard InChI is InChI=1S/C19H21N5O3.2ClH/c1-12-7-15(13-3-2-4-20-8-13)27-19(26)17(12)18(25)22-9-14-11-24-6-5-21-10-16(24)23-14;;/h5-7,10-11,13,20H,2-4,8-9H2,1H3,(H,22,25);2*1H. The number of rotatable bonds is 4. The lowest BCUT2D eigenvalue weighted by molar-refractivity contribution is 0.0945. The Hall–Kier alpha value is -2.42. The number of nitrogens with one attached hydrogen (secondary N) is 2. The molecule has 1 fully saturated rings. The third-order valence-electron chi connectivity index (χ3n) is 4.84. The lowest BCUT2D eigenvalue weighted by Gasteiger charge is -2.22. The number of amides is 1. The van der Waals surface area contributed by atoms with Crippen molar-refractivity contribution in [3.8, 4) is 0 Å². The minimum Gasteiger partial charge on any atom is -0.427 e. The Morgan fingerprint density at radius 2 is 2.24 bits per heavy atom. The number of aryl methyl sites for hydroxylation is 1. The molecule has 4 rings (SSSR count). The molecule has 0 bridgehead atoms. The van der Waals surface area contributed by atoms with Crippen molar-refractivity contribution in [3.63, 3.8) is 0 Å². The first kappa shape index (κ1) is 22.9. The van der Waals surface area contributed by atoms with E-state index in [1.165, 1.54) is 0 Å². The van der Waals surface area contributed by atoms with Crippen molar-refractivity contribution in [3.05, 3.63) is 63.9 Å². The third-order valence-corrected chi connectivity index (χ3v) is 4.84. The molecule has 29 heavy (non-hydrogen) atoms. The van der Waals surface area contributed by atoms with Gasteiger partial charge in [-0.15, -0.1) is 24.8 Å². The summed E-state index contributed by atoms with van der Waals surface area (Å²) in [6, 6.07) is 1.81. The first-order valence-electron chi connectivity index (χ1n) is 9.03. The molecule has 8 nitrogen and oxygen atoms in total. The largest absolute Gasteiger partial charge is 0.427 e. The van der Waals surface area contributed by atoms with Crippen molar-refractivity contribution in [1.82, 2.24) is 25.0 Å². The second-order valence-electron chi connectivity index (χ2n) is 6.79. The van der Waals surface area contributed by atoms with E-state index < -0.39 is 11.5 Å². The van der Waals surface area contributed by atoms with Gasteiger partial charge in [0.2, 0.25) is 0 Å². The smallest absolute Gasteiger partial charge is 0.349 e. The van der Waals surface area contributed by atoms with E-state index in [1.54, 1.807) is 25.5 Å². The molecule has 1 aliphatic heterocycles. The van der Waals surface area contributed by atoms with Crippen LogP contribution in [-0.2, 0) is 6.54 Å². The average molecular weight is 440 g/mol. The lowest BCUT2D eigenvalue weighted by atomic mass is 9.95. The predicted molar refractivity (Wildman–Crippen MR) is 113 cm³/mol. The van der Waals surface area contributed by atoms with Crippen LogP contribution in [0.4, 0.5) is 0 Å². The summed E-state index contributed by atoms with van der Waals surface area (Å²) < 4.78 is 7.29. The Morgan fingerprint density at radius 3 is 2.93 bits per heavy atom. The van der Waals surface area contributed by atoms with Crippen LogP contribution in [0.25, 0.3) is 5.65 Å². The molecule has 2 N–H and O–H groups in total. The molecule has 3 aromatic heterocycles. The van der Waals surface area contributed by atoms with E-state index in [0.717, 1.165) is 25.9 Å². The number of carbonyl (C=O) groups excluding carboxylic acids is 1. The van der Waals surface area contributed by atoms with Gasteiger partial charge < -0.3 is 19.5 Å². The average Bonchev–Trinajstić information content (AvgIpc) is 3.09. The topological polar surface area (TPSA) is 102 Å². The van der Waals surface area contributed by atoms with Gasteiger partial charge in [0.1, 0.15) is 11.3 Å². The fourth-order valence-electron chi connectivity index (χ4n) is 3.44. The fraction of sp³-hybridized carbons (Fsp3) is 0.368. The van der Waals surface area contributed by atoms with Crippen LogP contribution in [0.3, 0.4) is 0 Å². The zero-order valence-electron chi connectivity index (χ0n) is 15.9. The molecule has 3 aromatic rings. The summed E-state index contributed by atoms with van der Waals surface area (Å²) in [6.07, 6.45) is 8.92. The number of halogens is 2. The number of carbonyl (C=O) groups is 1. The van der Waals surface area contributed by atoms with Crippen molar-refractivity contribution in [2.24, 2.45) is 0 Å². The van der Waals surface area contributed by atoms with Gasteiger partial charge in [0, 0.05) is 31.1 Å². The Balaban J connectivity index is 0.00000150. The lowest BCUT2D eigenvalue weighted by Crippen LogP contribution is -2.31. The SMILES string of the molecule is Cc1cc(C2CCCNC2)oc(=O)c1C(=O)NCc1cn2ccncc2n1.Cl.Cl. The molecule has 1 aliphatic rings. The highest BCUT2D eigenvalue weighted by atomic mass is 35.5. The van der Waals surface area contributed by atoms with Gasteiger partial charge >= 0.3 is 5.63 Å². The molecule has 1 unspecified atom stereocenters. The quantitative estimate of drug-likeness (QED) is 0.645. The van der Waals surface area contributed by atoms with Gasteiger partial charge in [0.05, 0.1) is 18.4 Å². The van der Waals surface area contributed by atoms with Crippen LogP contribution >= 0.6 is 24.8 Å². The maximum absolute atomic E-state index is 12.5. The van der Waals surface area contributed by atoms with Crippen molar-refractivity contribution in [2.75, 3.05) is 13.1 Å². The number of hydrogen-bond donors (Lipinski definition) is 2. The van der Waals surface area contributed by atoms with E-state index in [1.807, 2.05) is 16.7 Å². The third kappa shape index (κ3) is 4.95. The zero-order valence-corrected chi connectivity index (χ0v) is 17.5. The molecular formula is C19H23Cl2N5O3. The van der Waals surface area contributed by atoms with Crippen LogP contribution in [0.2, 0.25) is 0 Å². The molecule has 156 valence electrons. The first-order valence-corrected chi connectivity index (χ1v) is 9.03. The molecule has 1 atom stereocenters. The summed E-state index contributed by atoms with van der Waals surface area (Å²) in [5.41, 5.74) is 1.47. The predicted octanol–water partition coefficient (Wildman–Crippen LogP) is 2.23. The van der Waals surface area contributed by atoms with E-state index in [9.17, 15) is 9.59 Å². The van der Waals surface area contributed by atoms with E-state index in [2.05, 4.69) is 20.6 Å². The maximum Gasteiger partial charge on any atom is 0.349 e. The minimum absolute atomic E-state index is 0. The highest BCUT2D eigenvalue weighted by Gasteiger charge is 2.22. The summed E-state index contributed by atoms with van der Waals surface area (Å²) in [4.78, 5) is 33.3. The molecular weight excluding hydrogens is 417 g/mol. The molecule has 4 heterocycles. The Kier molecular flexibility index (Phi) is 7.78. The highest BCUT2D eigenvalue weighted by Crippen LogP contribution is 2.23. The number of aromatic nitrogens is 3. The maximum atomic E-state index is 12.5. The van der Waals surface area contributed by atoms with E-state index >= 15 is 0 Å². The molecule has 1 amide bonds. The molecule has 0 saturated carbocycles. The number of fused-ring (bicyclic) bond motifs is 1. The normalized spacial score (nSPS) is 16.0. The number of piperidine rings is 1. The van der Waals surface area contributed by atoms with Crippen LogP contribution in [0.15, 0.2) is 40.1 Å². The van der Waals surface area contributed by atoms with Gasteiger partial charge in [0.15, 0.2) is 5.65 Å². The number of hydrogen-bond acceptors (Lipinski definition) is 6. The molecule has 0 aromatic carbocycles. The van der Waals surface area contributed by atoms with Crippen molar-refractivity contribution in [2.45, 2.75) is 32.2 Å². The highest BCUT2D eigenvalue weighted by molar-refractivity contribution is 5.95. The van der Waals surface area contributed by atoms with Crippen LogP contribution in [0.1, 0.15) is 46.1 Å². The van der Waals surface area contributed by atoms with Crippen LogP contribution in [0.5, 0.6) is 0 Å². The van der Waals surface area contributed by atoms with Gasteiger partial charge in [0.25, 0.3) is 5.91 Å². The Bertz CT molecular complexity index is 1010. The summed E-state index contributed by atoms with van der Waals surface area (Å²) in [5, 5.41) is 6.05. The van der Waals surface area contributed by atoms with Crippen LogP contribution in [-0.4, -0.2) is 33.4 Å². The number of nitrogens with zero attached hydrogens (tertiary/aromatic N) is 3. The molecule has 0 aliphatic carbocycles. The van der Waals surface area contributed by atoms with Gasteiger partial charge in [-0.2, -0.15) is 0 Å². The monoisotopic (exact) mass is 439 g/mol. The Labute approximate surface area is 179 Å². The second-order valence-corrected chi connectivity index (χ2v) is 6.79. The Morgan fingerprint density at radius 1 is 1.41 bits per heavy atom. The van der Waals surface area contributed by atoms with Gasteiger partial charge in [-0.1, -0.05) is 0 Å². The minimum atomic E-state index is -0.590. The van der Waals surface area contributed by atoms with Crippen molar-refractivity contribution in [1.29, 1.82) is 0 Å². The zero-order chi connectivity index (χ0) is 18.8. The van der Waals surface area contributed by atoms with Crippen molar-refractivity contribution >= 4 is 36.4 Å². The molecule has 1 saturated heterocycles. The van der Waals surface area contributed by atoms with Gasteiger partial charge in [-0.05, 0) is 37.9 Å². The molecule has 0 spiro atoms. The van der Waals surface area contributed by atoms with Gasteiger partial charge in [-0.3, -0.25) is 9.78 Å². The van der Waals surface area contributed by atoms with E-state index in [4.69, 9.17) is 4.42 Å². The molecule has 10 heteroatoms. The van der Waals surface area contributed by atoms with Crippen molar-refractivity contribution < 1.29 is 9.21 Å². The summed E-state index contributed by atoms with van der Waals surface area (Å²) in [6.45, 7) is 3.76. The number of imidazole rings is 1. The van der Waals surface area contributed by atoms with Crippen LogP contribution < -0.4 is 16.3 Å². The summed E-state index contributed by atoms with van der Waals surface area (Å²) in [5.74, 6) is 0.368. The molecule has 0 radical (unpaired) electrons. The first-order chi connectivity index (χ1) is 13.1. The van der Waals surface area contributed by atoms with E-state index in [-0.39, 0.29) is 42.8 Å². The summed E-state index contributed by atoms with van der Waals surface area (Å²) in [7, 11) is 0. The van der Waals surface area contributed by atoms with E-state index in [0.29, 0.717) is 22.7 Å². The van der Waals surface area contributed by atoms with Crippen LogP contribution in [0, 0.1) is 6.92 Å². The fourth-order valence-corrected chi connectivity index (χ4v) is 3.44.